The second-order valence-electron chi connectivity index (χ2n) is 6.55. The molecule has 0 saturated carbocycles. The smallest absolute Gasteiger partial charge is 0.325 e. The summed E-state index contributed by atoms with van der Waals surface area (Å²) in [6.07, 6.45) is 1.32. The van der Waals surface area contributed by atoms with Gasteiger partial charge in [0, 0.05) is 12.1 Å². The van der Waals surface area contributed by atoms with Crippen LogP contribution in [-0.4, -0.2) is 28.8 Å². The normalized spacial score (nSPS) is 16.3. The van der Waals surface area contributed by atoms with Gasteiger partial charge in [-0.25, -0.2) is 4.79 Å². The number of imide groups is 1. The highest BCUT2D eigenvalue weighted by molar-refractivity contribution is 6.04. The monoisotopic (exact) mass is 365 g/mol. The maximum atomic E-state index is 12.5. The van der Waals surface area contributed by atoms with Gasteiger partial charge in [0.15, 0.2) is 0 Å². The number of rotatable bonds is 7. The van der Waals surface area contributed by atoms with E-state index in [2.05, 4.69) is 17.6 Å². The average molecular weight is 365 g/mol. The molecule has 1 atom stereocenters. The molecule has 2 aromatic carbocycles. The van der Waals surface area contributed by atoms with E-state index in [1.807, 2.05) is 54.6 Å². The second-order valence-corrected chi connectivity index (χ2v) is 6.55. The lowest BCUT2D eigenvalue weighted by Crippen LogP contribution is -2.31. The molecule has 1 saturated heterocycles. The summed E-state index contributed by atoms with van der Waals surface area (Å²) in [5.74, 6) is -0.462. The summed E-state index contributed by atoms with van der Waals surface area (Å²) in [6, 6.07) is 15.9. The third kappa shape index (κ3) is 4.73. The number of hydrogen-bond acceptors (Lipinski definition) is 3. The number of nitrogens with zero attached hydrogens (tertiary/aromatic N) is 1. The van der Waals surface area contributed by atoms with Gasteiger partial charge in [-0.05, 0) is 36.1 Å². The van der Waals surface area contributed by atoms with E-state index in [0.717, 1.165) is 23.2 Å². The van der Waals surface area contributed by atoms with Crippen molar-refractivity contribution in [1.82, 2.24) is 10.2 Å². The Kier molecular flexibility index (Phi) is 5.86. The summed E-state index contributed by atoms with van der Waals surface area (Å²) in [5, 5.41) is 5.51. The summed E-state index contributed by atoms with van der Waals surface area (Å²) < 4.78 is 0. The molecular formula is C21H23N3O3. The Bertz CT molecular complexity index is 836. The number of nitrogens with one attached hydrogen (secondary N) is 2. The zero-order valence-electron chi connectivity index (χ0n) is 15.3. The first kappa shape index (κ1) is 18.6. The molecule has 140 valence electrons. The van der Waals surface area contributed by atoms with Gasteiger partial charge < -0.3 is 10.6 Å². The Labute approximate surface area is 158 Å². The van der Waals surface area contributed by atoms with E-state index in [-0.39, 0.29) is 31.2 Å². The van der Waals surface area contributed by atoms with Crippen LogP contribution in [0.3, 0.4) is 0 Å². The first-order chi connectivity index (χ1) is 13.1. The van der Waals surface area contributed by atoms with E-state index >= 15 is 0 Å². The third-order valence-corrected chi connectivity index (χ3v) is 4.57. The number of carbonyl (C=O) groups excluding carboxylic acids is 3. The Balaban J connectivity index is 1.52. The van der Waals surface area contributed by atoms with Crippen LogP contribution in [-0.2, 0) is 22.6 Å². The third-order valence-electron chi connectivity index (χ3n) is 4.57. The first-order valence-electron chi connectivity index (χ1n) is 9.11. The molecule has 1 aliphatic heterocycles. The molecule has 4 amide bonds. The van der Waals surface area contributed by atoms with Crippen molar-refractivity contribution in [2.24, 2.45) is 0 Å². The van der Waals surface area contributed by atoms with E-state index in [1.165, 1.54) is 4.90 Å². The van der Waals surface area contributed by atoms with Gasteiger partial charge in [-0.1, -0.05) is 49.4 Å². The predicted molar refractivity (Wildman–Crippen MR) is 103 cm³/mol. The van der Waals surface area contributed by atoms with Gasteiger partial charge >= 0.3 is 6.03 Å². The highest BCUT2D eigenvalue weighted by atomic mass is 16.2. The molecule has 6 nitrogen and oxygen atoms in total. The molecule has 1 unspecified atom stereocenters. The molecule has 1 heterocycles. The number of amides is 4. The molecule has 1 fully saturated rings. The fraction of sp³-hybridized carbons (Fsp3) is 0.286. The van der Waals surface area contributed by atoms with Crippen LogP contribution in [0, 0.1) is 0 Å². The van der Waals surface area contributed by atoms with Gasteiger partial charge in [0.1, 0.15) is 6.04 Å². The SMILES string of the molecule is CCc1cccc(NC(=O)CCC2NC(=O)N(Cc3ccccc3)C2=O)c1. The van der Waals surface area contributed by atoms with Gasteiger partial charge in [0.25, 0.3) is 5.91 Å². The highest BCUT2D eigenvalue weighted by Crippen LogP contribution is 2.16. The van der Waals surface area contributed by atoms with Gasteiger partial charge in [-0.15, -0.1) is 0 Å². The second kappa shape index (κ2) is 8.49. The zero-order chi connectivity index (χ0) is 19.2. The molecule has 0 aromatic heterocycles. The lowest BCUT2D eigenvalue weighted by molar-refractivity contribution is -0.128. The molecule has 0 aliphatic carbocycles. The van der Waals surface area contributed by atoms with Crippen molar-refractivity contribution in [3.8, 4) is 0 Å². The lowest BCUT2D eigenvalue weighted by Gasteiger charge is -2.13. The van der Waals surface area contributed by atoms with Gasteiger partial charge in [0.05, 0.1) is 6.54 Å². The lowest BCUT2D eigenvalue weighted by atomic mass is 10.1. The van der Waals surface area contributed by atoms with Crippen LogP contribution in [0.5, 0.6) is 0 Å². The molecule has 0 radical (unpaired) electrons. The van der Waals surface area contributed by atoms with Crippen molar-refractivity contribution in [3.05, 3.63) is 65.7 Å². The Morgan fingerprint density at radius 2 is 1.81 bits per heavy atom. The number of urea groups is 1. The molecule has 1 aliphatic rings. The van der Waals surface area contributed by atoms with Crippen LogP contribution < -0.4 is 10.6 Å². The summed E-state index contributed by atoms with van der Waals surface area (Å²) in [6.45, 7) is 2.29. The van der Waals surface area contributed by atoms with Crippen LogP contribution in [0.2, 0.25) is 0 Å². The average Bonchev–Trinajstić information content (AvgIpc) is 2.95. The van der Waals surface area contributed by atoms with E-state index in [0.29, 0.717) is 0 Å². The van der Waals surface area contributed by atoms with Crippen molar-refractivity contribution >= 4 is 23.5 Å². The number of hydrogen-bond donors (Lipinski definition) is 2. The van der Waals surface area contributed by atoms with Gasteiger partial charge in [-0.3, -0.25) is 14.5 Å². The summed E-state index contributed by atoms with van der Waals surface area (Å²) in [5.41, 5.74) is 2.77. The van der Waals surface area contributed by atoms with E-state index in [9.17, 15) is 14.4 Å². The van der Waals surface area contributed by atoms with Crippen LogP contribution in [0.4, 0.5) is 10.5 Å². The minimum Gasteiger partial charge on any atom is -0.326 e. The van der Waals surface area contributed by atoms with Crippen molar-refractivity contribution in [3.63, 3.8) is 0 Å². The predicted octanol–water partition coefficient (Wildman–Crippen LogP) is 3.09. The van der Waals surface area contributed by atoms with Crippen LogP contribution in [0.15, 0.2) is 54.6 Å². The van der Waals surface area contributed by atoms with E-state index in [1.54, 1.807) is 0 Å². The fourth-order valence-electron chi connectivity index (χ4n) is 3.06. The minimum absolute atomic E-state index is 0.159. The zero-order valence-corrected chi connectivity index (χ0v) is 15.3. The van der Waals surface area contributed by atoms with Crippen molar-refractivity contribution in [2.45, 2.75) is 38.8 Å². The molecule has 27 heavy (non-hydrogen) atoms. The van der Waals surface area contributed by atoms with Crippen molar-refractivity contribution in [1.29, 1.82) is 0 Å². The number of anilines is 1. The topological polar surface area (TPSA) is 78.5 Å². The quantitative estimate of drug-likeness (QED) is 0.740. The number of carbonyl (C=O) groups is 3. The molecule has 3 rings (SSSR count). The Morgan fingerprint density at radius 3 is 2.56 bits per heavy atom. The Hall–Kier alpha value is -3.15. The standard InChI is InChI=1S/C21H23N3O3/c1-2-15-9-6-10-17(13-15)22-19(25)12-11-18-20(26)24(21(27)23-18)14-16-7-4-3-5-8-16/h3-10,13,18H,2,11-12,14H2,1H3,(H,22,25)(H,23,27). The summed E-state index contributed by atoms with van der Waals surface area (Å²) in [7, 11) is 0. The van der Waals surface area contributed by atoms with E-state index < -0.39 is 12.1 Å². The number of aryl methyl sites for hydroxylation is 1. The van der Waals surface area contributed by atoms with Crippen LogP contribution in [0.1, 0.15) is 30.9 Å². The molecular weight excluding hydrogens is 342 g/mol. The molecule has 0 bridgehead atoms. The number of benzene rings is 2. The van der Waals surface area contributed by atoms with Crippen molar-refractivity contribution in [2.75, 3.05) is 5.32 Å². The largest absolute Gasteiger partial charge is 0.326 e. The van der Waals surface area contributed by atoms with Gasteiger partial charge in [-0.2, -0.15) is 0 Å². The maximum absolute atomic E-state index is 12.5. The molecule has 0 spiro atoms. The van der Waals surface area contributed by atoms with Crippen molar-refractivity contribution < 1.29 is 14.4 Å². The maximum Gasteiger partial charge on any atom is 0.325 e. The first-order valence-corrected chi connectivity index (χ1v) is 9.11. The summed E-state index contributed by atoms with van der Waals surface area (Å²) in [4.78, 5) is 38.0. The molecule has 6 heteroatoms. The molecule has 2 N–H and O–H groups in total. The van der Waals surface area contributed by atoms with Crippen LogP contribution >= 0.6 is 0 Å². The molecule has 2 aromatic rings. The Morgan fingerprint density at radius 1 is 1.07 bits per heavy atom. The minimum atomic E-state index is -0.658. The van der Waals surface area contributed by atoms with Crippen LogP contribution in [0.25, 0.3) is 0 Å². The van der Waals surface area contributed by atoms with Gasteiger partial charge in [0.2, 0.25) is 5.91 Å². The van der Waals surface area contributed by atoms with E-state index in [4.69, 9.17) is 0 Å². The fourth-order valence-corrected chi connectivity index (χ4v) is 3.06. The summed E-state index contributed by atoms with van der Waals surface area (Å²) >= 11 is 0. The highest BCUT2D eigenvalue weighted by Gasteiger charge is 2.37.